The van der Waals surface area contributed by atoms with Crippen molar-refractivity contribution in [3.8, 4) is 11.5 Å². The molecule has 5 N–H and O–H groups in total. The van der Waals surface area contributed by atoms with Crippen LogP contribution in [0.25, 0.3) is 0 Å². The SMILES string of the molecule is CC(=O)Oc1ccc(C(=O)ON=C(C(=O)N[C@@H]2C(=O)N3C(C(=O)O)=C(CSc4nnnn4CC(=O)O)CS[C@@H]23)c2coc(N)n2)cc1OC(C)=O. The summed E-state index contributed by atoms with van der Waals surface area (Å²) in [5.74, 6) is -7.47. The number of carbonyl (C=O) groups excluding carboxylic acids is 5. The van der Waals surface area contributed by atoms with Crippen LogP contribution in [-0.4, -0.2) is 111 Å². The van der Waals surface area contributed by atoms with Gasteiger partial charge in [-0.1, -0.05) is 16.9 Å². The van der Waals surface area contributed by atoms with Crippen molar-refractivity contribution in [3.05, 3.63) is 47.0 Å². The van der Waals surface area contributed by atoms with Crippen LogP contribution < -0.4 is 20.5 Å². The molecule has 24 heteroatoms. The van der Waals surface area contributed by atoms with E-state index in [4.69, 9.17) is 29.6 Å². The lowest BCUT2D eigenvalue weighted by Crippen LogP contribution is -2.71. The number of amides is 2. The fraction of sp³-hybridized carbons (Fsp3) is 0.259. The third kappa shape index (κ3) is 8.13. The Bertz CT molecular complexity index is 2020. The van der Waals surface area contributed by atoms with Gasteiger partial charge in [-0.3, -0.25) is 28.9 Å². The Balaban J connectivity index is 1.32. The van der Waals surface area contributed by atoms with Crippen LogP contribution in [-0.2, 0) is 40.1 Å². The fourth-order valence-electron chi connectivity index (χ4n) is 4.53. The summed E-state index contributed by atoms with van der Waals surface area (Å²) in [4.78, 5) is 95.6. The predicted molar refractivity (Wildman–Crippen MR) is 168 cm³/mol. The number of tetrazole rings is 1. The Morgan fingerprint density at radius 1 is 1.14 bits per heavy atom. The Labute approximate surface area is 292 Å². The van der Waals surface area contributed by atoms with Crippen molar-refractivity contribution in [2.24, 2.45) is 5.16 Å². The molecule has 1 fully saturated rings. The first-order valence-corrected chi connectivity index (χ1v) is 16.1. The van der Waals surface area contributed by atoms with Crippen LogP contribution in [0.2, 0.25) is 0 Å². The van der Waals surface area contributed by atoms with Crippen molar-refractivity contribution >= 4 is 76.9 Å². The summed E-state index contributed by atoms with van der Waals surface area (Å²) < 4.78 is 15.9. The van der Waals surface area contributed by atoms with Crippen LogP contribution in [0, 0.1) is 0 Å². The van der Waals surface area contributed by atoms with Gasteiger partial charge in [0.1, 0.15) is 35.6 Å². The standard InChI is InChI=1S/C27H23N9O13S2/c1-10(37)47-15-4-3-12(5-16(15)48-11(2)38)25(45)49-32-18(14-7-46-26(28)29-14)21(41)30-19-22(42)36-20(24(43)44)13(8-50-23(19)36)9-51-27-31-33-34-35(27)6-17(39)40/h3-5,7,19,23H,6,8-9H2,1-2H3,(H2,28,29)(H,30,41)(H,39,40)(H,43,44)/t19-,23+/m1/s1. The summed E-state index contributed by atoms with van der Waals surface area (Å²) in [6.07, 6.45) is 0.931. The number of esters is 2. The molecule has 0 aliphatic carbocycles. The largest absolute Gasteiger partial charge is 0.480 e. The zero-order valence-electron chi connectivity index (χ0n) is 26.0. The molecule has 3 aromatic rings. The van der Waals surface area contributed by atoms with E-state index in [1.54, 1.807) is 0 Å². The molecule has 5 rings (SSSR count). The third-order valence-electron chi connectivity index (χ3n) is 6.58. The van der Waals surface area contributed by atoms with Gasteiger partial charge >= 0.3 is 29.8 Å². The van der Waals surface area contributed by atoms with Crippen molar-refractivity contribution in [2.45, 2.75) is 37.0 Å². The van der Waals surface area contributed by atoms with Crippen molar-refractivity contribution in [1.82, 2.24) is 35.4 Å². The first-order chi connectivity index (χ1) is 24.2. The second kappa shape index (κ2) is 15.1. The number of nitrogens with two attached hydrogens (primary N) is 1. The number of anilines is 1. The highest BCUT2D eigenvalue weighted by Gasteiger charge is 2.54. The molecule has 4 heterocycles. The number of aliphatic carboxylic acids is 2. The fourth-order valence-corrected chi connectivity index (χ4v) is 6.89. The number of rotatable bonds is 13. The average molecular weight is 746 g/mol. The molecule has 1 aromatic carbocycles. The van der Waals surface area contributed by atoms with E-state index in [0.29, 0.717) is 5.57 Å². The molecule has 0 saturated carbocycles. The molecule has 22 nitrogen and oxygen atoms in total. The highest BCUT2D eigenvalue weighted by Crippen LogP contribution is 2.41. The van der Waals surface area contributed by atoms with Gasteiger partial charge < -0.3 is 40.0 Å². The zero-order chi connectivity index (χ0) is 37.0. The minimum Gasteiger partial charge on any atom is -0.480 e. The molecule has 1 saturated heterocycles. The number of nitrogen functional groups attached to an aromatic ring is 1. The van der Waals surface area contributed by atoms with Crippen molar-refractivity contribution in [3.63, 3.8) is 0 Å². The lowest BCUT2D eigenvalue weighted by Gasteiger charge is -2.49. The van der Waals surface area contributed by atoms with Crippen LogP contribution in [0.4, 0.5) is 6.01 Å². The number of thioether (sulfide) groups is 2. The number of β-lactam (4-membered cyclic amide) rings is 1. The number of oxime groups is 1. The van der Waals surface area contributed by atoms with Crippen LogP contribution in [0.5, 0.6) is 11.5 Å². The van der Waals surface area contributed by atoms with Crippen LogP contribution in [0.3, 0.4) is 0 Å². The second-order valence-corrected chi connectivity index (χ2v) is 12.2. The van der Waals surface area contributed by atoms with Gasteiger partial charge in [0.2, 0.25) is 5.16 Å². The van der Waals surface area contributed by atoms with E-state index in [1.807, 2.05) is 0 Å². The maximum atomic E-state index is 13.4. The Morgan fingerprint density at radius 2 is 1.86 bits per heavy atom. The Morgan fingerprint density at radius 3 is 2.51 bits per heavy atom. The number of hydrogen-bond donors (Lipinski definition) is 4. The number of fused-ring (bicyclic) bond motifs is 1. The summed E-state index contributed by atoms with van der Waals surface area (Å²) in [5, 5.41) is 35.1. The van der Waals surface area contributed by atoms with Gasteiger partial charge in [0, 0.05) is 25.4 Å². The van der Waals surface area contributed by atoms with Crippen molar-refractivity contribution in [2.75, 3.05) is 17.2 Å². The summed E-state index contributed by atoms with van der Waals surface area (Å²) in [6.45, 7) is 1.67. The van der Waals surface area contributed by atoms with Gasteiger partial charge in [0.05, 0.1) is 5.56 Å². The summed E-state index contributed by atoms with van der Waals surface area (Å²) in [6, 6.07) is 1.73. The molecule has 0 unspecified atom stereocenters. The lowest BCUT2D eigenvalue weighted by molar-refractivity contribution is -0.150. The average Bonchev–Trinajstić information content (AvgIpc) is 3.70. The maximum Gasteiger partial charge on any atom is 0.365 e. The summed E-state index contributed by atoms with van der Waals surface area (Å²) >= 11 is 2.12. The van der Waals surface area contributed by atoms with Gasteiger partial charge in [0.15, 0.2) is 17.2 Å². The highest BCUT2D eigenvalue weighted by molar-refractivity contribution is 8.01. The minimum absolute atomic E-state index is 0.00670. The van der Waals surface area contributed by atoms with Crippen LogP contribution >= 0.6 is 23.5 Å². The Kier molecular flexibility index (Phi) is 10.6. The van der Waals surface area contributed by atoms with Gasteiger partial charge in [-0.25, -0.2) is 14.3 Å². The molecule has 2 aliphatic rings. The Hall–Kier alpha value is -6.30. The van der Waals surface area contributed by atoms with Gasteiger partial charge in [-0.15, -0.1) is 16.9 Å². The molecule has 2 aromatic heterocycles. The predicted octanol–water partition coefficient (Wildman–Crippen LogP) is -0.729. The van der Waals surface area contributed by atoms with E-state index in [9.17, 15) is 38.7 Å². The molecule has 51 heavy (non-hydrogen) atoms. The molecular weight excluding hydrogens is 722 g/mol. The number of hydrogen-bond acceptors (Lipinski definition) is 19. The van der Waals surface area contributed by atoms with Crippen molar-refractivity contribution in [1.29, 1.82) is 0 Å². The van der Waals surface area contributed by atoms with E-state index in [1.165, 1.54) is 0 Å². The zero-order valence-corrected chi connectivity index (χ0v) is 27.6. The number of carboxylic acids is 2. The number of nitrogens with zero attached hydrogens (tertiary/aromatic N) is 7. The number of aromatic nitrogens is 5. The quantitative estimate of drug-likeness (QED) is 0.0319. The van der Waals surface area contributed by atoms with E-state index in [0.717, 1.165) is 71.4 Å². The number of ether oxygens (including phenoxy) is 2. The number of benzene rings is 1. The van der Waals surface area contributed by atoms with E-state index in [-0.39, 0.29) is 51.1 Å². The number of carboxylic acid groups (broad SMARTS) is 2. The number of oxazole rings is 1. The first-order valence-electron chi connectivity index (χ1n) is 14.1. The molecule has 2 aliphatic heterocycles. The van der Waals surface area contributed by atoms with Gasteiger partial charge in [0.25, 0.3) is 17.8 Å². The summed E-state index contributed by atoms with van der Waals surface area (Å²) in [5.41, 5.74) is 4.36. The van der Waals surface area contributed by atoms with E-state index >= 15 is 0 Å². The number of carbonyl (C=O) groups is 7. The monoisotopic (exact) mass is 745 g/mol. The number of nitrogens with one attached hydrogen (secondary N) is 1. The topological polar surface area (TPSA) is 311 Å². The molecule has 0 spiro atoms. The highest BCUT2D eigenvalue weighted by atomic mass is 32.2. The van der Waals surface area contributed by atoms with E-state index < -0.39 is 65.3 Å². The van der Waals surface area contributed by atoms with Crippen molar-refractivity contribution < 1.29 is 62.5 Å². The molecule has 0 bridgehead atoms. The van der Waals surface area contributed by atoms with Crippen LogP contribution in [0.1, 0.15) is 29.9 Å². The molecule has 0 radical (unpaired) electrons. The normalized spacial score (nSPS) is 16.9. The second-order valence-electron chi connectivity index (χ2n) is 10.2. The third-order valence-corrected chi connectivity index (χ3v) is 8.97. The molecule has 266 valence electrons. The first kappa shape index (κ1) is 36.0. The van der Waals surface area contributed by atoms with Crippen LogP contribution in [0.15, 0.2) is 50.5 Å². The van der Waals surface area contributed by atoms with Gasteiger partial charge in [-0.2, -0.15) is 4.98 Å². The summed E-state index contributed by atoms with van der Waals surface area (Å²) in [7, 11) is 0. The van der Waals surface area contributed by atoms with E-state index in [2.05, 4.69) is 31.0 Å². The molecule has 2 atom stereocenters. The smallest absolute Gasteiger partial charge is 0.365 e. The molecular formula is C27H23N9O13S2. The lowest BCUT2D eigenvalue weighted by atomic mass is 10.0. The maximum absolute atomic E-state index is 13.4. The minimum atomic E-state index is -1.41. The molecule has 2 amide bonds. The van der Waals surface area contributed by atoms with Gasteiger partial charge in [-0.05, 0) is 34.2 Å².